The topological polar surface area (TPSA) is 200 Å². The quantitative estimate of drug-likeness (QED) is 0.167. The first-order valence-corrected chi connectivity index (χ1v) is 16.3. The van der Waals surface area contributed by atoms with Crippen LogP contribution in [-0.2, 0) is 63.7 Å². The van der Waals surface area contributed by atoms with E-state index in [0.717, 1.165) is 20.8 Å². The largest absolute Gasteiger partial charge is 0.463 e. The highest BCUT2D eigenvalue weighted by Crippen LogP contribution is 2.30. The van der Waals surface area contributed by atoms with E-state index in [4.69, 9.17) is 72.7 Å². The molecule has 0 bridgehead atoms. The fourth-order valence-corrected chi connectivity index (χ4v) is 4.58. The molecule has 7 atom stereocenters. The van der Waals surface area contributed by atoms with Crippen LogP contribution in [0.5, 0.6) is 0 Å². The van der Waals surface area contributed by atoms with Crippen LogP contribution >= 0.6 is 34.8 Å². The first-order chi connectivity index (χ1) is 23.1. The minimum atomic E-state index is -2.00. The lowest BCUT2D eigenvalue weighted by Crippen LogP contribution is -2.67. The highest BCUT2D eigenvalue weighted by atomic mass is 35.6. The average Bonchev–Trinajstić information content (AvgIpc) is 2.98. The number of nitrogens with one attached hydrogen (secondary N) is 2. The number of alkyl carbamates (subject to hydrolysis) is 2. The zero-order valence-corrected chi connectivity index (χ0v) is 30.7. The van der Waals surface area contributed by atoms with Crippen molar-refractivity contribution in [2.45, 2.75) is 107 Å². The lowest BCUT2D eigenvalue weighted by atomic mass is 9.96. The molecule has 0 aromatic heterocycles. The Balaban J connectivity index is 2.51. The predicted octanol–water partition coefficient (Wildman–Crippen LogP) is 3.64. The fourth-order valence-electron chi connectivity index (χ4n) is 4.41. The molecule has 2 rings (SSSR count). The van der Waals surface area contributed by atoms with Crippen LogP contribution in [0.2, 0.25) is 0 Å². The summed E-state index contributed by atoms with van der Waals surface area (Å²) in [5.74, 6) is -3.40. The summed E-state index contributed by atoms with van der Waals surface area (Å²) >= 11 is 17.1. The highest BCUT2D eigenvalue weighted by Gasteiger charge is 2.53. The molecule has 1 heterocycles. The molecule has 0 radical (unpaired) electrons. The van der Waals surface area contributed by atoms with Gasteiger partial charge >= 0.3 is 36.1 Å². The number of rotatable bonds is 13. The molecule has 2 amide bonds. The van der Waals surface area contributed by atoms with E-state index >= 15 is 0 Å². The van der Waals surface area contributed by atoms with Gasteiger partial charge in [-0.05, 0) is 33.3 Å². The van der Waals surface area contributed by atoms with Crippen molar-refractivity contribution in [3.8, 4) is 0 Å². The Morgan fingerprint density at radius 1 is 0.840 bits per heavy atom. The first-order valence-electron chi connectivity index (χ1n) is 15.1. The van der Waals surface area contributed by atoms with Crippen molar-refractivity contribution in [3.05, 3.63) is 35.9 Å². The van der Waals surface area contributed by atoms with E-state index in [1.165, 1.54) is 6.92 Å². The first kappa shape index (κ1) is 42.6. The zero-order valence-electron chi connectivity index (χ0n) is 28.4. The SMILES string of the molecule is CC(=O)OC[C@H]1O[C@@H](O[C@H](C)[C@H](NC(=O)OCc2ccccc2)C(=O)OC(C)(C)C)[C@H](NC(=O)OCC(Cl)(Cl)Cl)[C@@H](OC(C)=O)[C@@H]1OC(C)=O. The van der Waals surface area contributed by atoms with E-state index in [2.05, 4.69) is 10.6 Å². The summed E-state index contributed by atoms with van der Waals surface area (Å²) in [6.45, 7) is 8.02. The standard InChI is InChI=1S/C31H41Cl3N2O14/c1-16(22(26(40)50-30(5,6)7)35-28(41)44-13-20-11-9-8-10-12-20)46-27-23(36-29(42)45-15-31(32,33)34)25(48-19(4)39)24(47-18(3)38)21(49-27)14-43-17(2)37/h8-12,16,21-25,27H,13-15H2,1-7H3,(H,35,41)(H,36,42)/t16-,21-,22+,23-,24-,25-,27-/m1/s1. The van der Waals surface area contributed by atoms with Crippen LogP contribution in [0, 0.1) is 0 Å². The molecule has 280 valence electrons. The zero-order chi connectivity index (χ0) is 37.8. The van der Waals surface area contributed by atoms with Crippen LogP contribution in [0.25, 0.3) is 0 Å². The molecule has 16 nitrogen and oxygen atoms in total. The summed E-state index contributed by atoms with van der Waals surface area (Å²) in [5.41, 5.74) is -0.334. The second-order valence-electron chi connectivity index (χ2n) is 11.9. The normalized spacial score (nSPS) is 21.8. The maximum Gasteiger partial charge on any atom is 0.408 e. The molecule has 1 aromatic carbocycles. The van der Waals surface area contributed by atoms with Gasteiger partial charge in [0.2, 0.25) is 3.79 Å². The molecule has 0 saturated carbocycles. The molecular weight excluding hydrogens is 731 g/mol. The number of ether oxygens (including phenoxy) is 8. The summed E-state index contributed by atoms with van der Waals surface area (Å²) in [5, 5.41) is 4.81. The number of hydrogen-bond donors (Lipinski definition) is 2. The lowest BCUT2D eigenvalue weighted by molar-refractivity contribution is -0.287. The molecule has 2 N–H and O–H groups in total. The number of amides is 2. The van der Waals surface area contributed by atoms with Gasteiger partial charge in [0.1, 0.15) is 37.6 Å². The number of carbonyl (C=O) groups excluding carboxylic acids is 6. The van der Waals surface area contributed by atoms with Crippen LogP contribution in [0.3, 0.4) is 0 Å². The Kier molecular flexibility index (Phi) is 16.3. The maximum absolute atomic E-state index is 13.4. The highest BCUT2D eigenvalue weighted by molar-refractivity contribution is 6.67. The number of carbonyl (C=O) groups is 6. The molecule has 1 aromatic rings. The van der Waals surface area contributed by atoms with Crippen LogP contribution in [0.15, 0.2) is 30.3 Å². The Bertz CT molecular complexity index is 1340. The molecule has 0 aliphatic carbocycles. The molecule has 50 heavy (non-hydrogen) atoms. The van der Waals surface area contributed by atoms with Crippen molar-refractivity contribution >= 4 is 70.9 Å². The van der Waals surface area contributed by atoms with Crippen LogP contribution in [-0.4, -0.2) is 101 Å². The minimum absolute atomic E-state index is 0.129. The Labute approximate surface area is 303 Å². The summed E-state index contributed by atoms with van der Waals surface area (Å²) < 4.78 is 41.8. The van der Waals surface area contributed by atoms with E-state index in [0.29, 0.717) is 5.56 Å². The molecule has 1 aliphatic heterocycles. The van der Waals surface area contributed by atoms with Crippen LogP contribution < -0.4 is 10.6 Å². The summed E-state index contributed by atoms with van der Waals surface area (Å²) in [7, 11) is 0. The van der Waals surface area contributed by atoms with Crippen molar-refractivity contribution in [1.29, 1.82) is 0 Å². The van der Waals surface area contributed by atoms with E-state index in [1.807, 2.05) is 0 Å². The van der Waals surface area contributed by atoms with Crippen LogP contribution in [0.1, 0.15) is 54.0 Å². The van der Waals surface area contributed by atoms with E-state index < -0.39 is 101 Å². The molecule has 0 spiro atoms. The van der Waals surface area contributed by atoms with Gasteiger partial charge in [0.25, 0.3) is 0 Å². The Morgan fingerprint density at radius 2 is 1.44 bits per heavy atom. The molecular formula is C31H41Cl3N2O14. The van der Waals surface area contributed by atoms with Gasteiger partial charge in [-0.3, -0.25) is 14.4 Å². The van der Waals surface area contributed by atoms with Crippen molar-refractivity contribution < 1.29 is 66.7 Å². The van der Waals surface area contributed by atoms with Crippen molar-refractivity contribution in [2.75, 3.05) is 13.2 Å². The fraction of sp³-hybridized carbons (Fsp3) is 0.613. The molecule has 19 heteroatoms. The van der Waals surface area contributed by atoms with Gasteiger partial charge in [-0.15, -0.1) is 0 Å². The minimum Gasteiger partial charge on any atom is -0.463 e. The third-order valence-electron chi connectivity index (χ3n) is 6.32. The van der Waals surface area contributed by atoms with Gasteiger partial charge in [-0.25, -0.2) is 14.4 Å². The second kappa shape index (κ2) is 19.2. The predicted molar refractivity (Wildman–Crippen MR) is 175 cm³/mol. The number of benzene rings is 1. The molecule has 1 aliphatic rings. The molecule has 0 unspecified atom stereocenters. The molecule has 1 fully saturated rings. The molecule has 1 saturated heterocycles. The van der Waals surface area contributed by atoms with Gasteiger partial charge < -0.3 is 48.5 Å². The van der Waals surface area contributed by atoms with Gasteiger partial charge in [0, 0.05) is 20.8 Å². The Morgan fingerprint density at radius 3 is 1.98 bits per heavy atom. The van der Waals surface area contributed by atoms with E-state index in [1.54, 1.807) is 51.1 Å². The van der Waals surface area contributed by atoms with Gasteiger partial charge in [-0.2, -0.15) is 0 Å². The van der Waals surface area contributed by atoms with Crippen molar-refractivity contribution in [3.63, 3.8) is 0 Å². The van der Waals surface area contributed by atoms with Gasteiger partial charge in [-0.1, -0.05) is 65.1 Å². The van der Waals surface area contributed by atoms with E-state index in [9.17, 15) is 28.8 Å². The summed E-state index contributed by atoms with van der Waals surface area (Å²) in [4.78, 5) is 75.3. The number of hydrogen-bond acceptors (Lipinski definition) is 14. The number of halogens is 3. The van der Waals surface area contributed by atoms with Crippen molar-refractivity contribution in [2.24, 2.45) is 0 Å². The van der Waals surface area contributed by atoms with Gasteiger partial charge in [0.05, 0.1) is 6.10 Å². The summed E-state index contributed by atoms with van der Waals surface area (Å²) in [6, 6.07) is 5.63. The third-order valence-corrected chi connectivity index (χ3v) is 6.65. The monoisotopic (exact) mass is 770 g/mol. The number of esters is 4. The van der Waals surface area contributed by atoms with Crippen molar-refractivity contribution in [1.82, 2.24) is 10.6 Å². The Hall–Kier alpha value is -3.57. The second-order valence-corrected chi connectivity index (χ2v) is 14.4. The smallest absolute Gasteiger partial charge is 0.408 e. The van der Waals surface area contributed by atoms with Crippen LogP contribution in [0.4, 0.5) is 9.59 Å². The number of alkyl halides is 3. The summed E-state index contributed by atoms with van der Waals surface area (Å²) in [6.07, 6.45) is -9.66. The maximum atomic E-state index is 13.4. The van der Waals surface area contributed by atoms with Gasteiger partial charge in [0.15, 0.2) is 24.5 Å². The van der Waals surface area contributed by atoms with E-state index in [-0.39, 0.29) is 6.61 Å². The lowest BCUT2D eigenvalue weighted by Gasteiger charge is -2.45. The third kappa shape index (κ3) is 15.5. The average molecular weight is 772 g/mol.